The Hall–Kier alpha value is -2.07. The molecule has 1 aliphatic rings. The van der Waals surface area contributed by atoms with Crippen LogP contribution >= 0.6 is 11.8 Å². The Bertz CT molecular complexity index is 635. The standard InChI is InChI=1S/C14H8O3S/c15-13-10-7-4-8-11(12(10)14(16)17-13)18-9-5-2-1-3-6-9/h1-8H. The summed E-state index contributed by atoms with van der Waals surface area (Å²) in [7, 11) is 0. The van der Waals surface area contributed by atoms with Gasteiger partial charge in [-0.25, -0.2) is 9.59 Å². The van der Waals surface area contributed by atoms with Crippen LogP contribution < -0.4 is 0 Å². The van der Waals surface area contributed by atoms with E-state index >= 15 is 0 Å². The fraction of sp³-hybridized carbons (Fsp3) is 0. The molecule has 18 heavy (non-hydrogen) atoms. The minimum Gasteiger partial charge on any atom is -0.386 e. The molecule has 0 saturated heterocycles. The first kappa shape index (κ1) is 11.0. The number of esters is 2. The second kappa shape index (κ2) is 4.31. The second-order valence-electron chi connectivity index (χ2n) is 3.77. The van der Waals surface area contributed by atoms with Gasteiger partial charge in [0.05, 0.1) is 11.1 Å². The van der Waals surface area contributed by atoms with Crippen LogP contribution in [0.1, 0.15) is 20.7 Å². The molecular formula is C14H8O3S. The Morgan fingerprint density at radius 1 is 0.833 bits per heavy atom. The highest BCUT2D eigenvalue weighted by Gasteiger charge is 2.32. The summed E-state index contributed by atoms with van der Waals surface area (Å²) in [5.41, 5.74) is 0.720. The van der Waals surface area contributed by atoms with Gasteiger partial charge < -0.3 is 4.74 Å². The van der Waals surface area contributed by atoms with E-state index in [0.29, 0.717) is 11.1 Å². The molecule has 2 aromatic carbocycles. The third-order valence-electron chi connectivity index (χ3n) is 2.61. The Morgan fingerprint density at radius 3 is 2.39 bits per heavy atom. The number of ether oxygens (including phenoxy) is 1. The summed E-state index contributed by atoms with van der Waals surface area (Å²) >= 11 is 1.45. The maximum Gasteiger partial charge on any atom is 0.348 e. The third kappa shape index (κ3) is 1.80. The fourth-order valence-corrected chi connectivity index (χ4v) is 2.79. The maximum atomic E-state index is 11.6. The van der Waals surface area contributed by atoms with Crippen LogP contribution in [-0.2, 0) is 4.74 Å². The van der Waals surface area contributed by atoms with Crippen LogP contribution in [-0.4, -0.2) is 11.9 Å². The molecule has 0 N–H and O–H groups in total. The number of hydrogen-bond donors (Lipinski definition) is 0. The van der Waals surface area contributed by atoms with E-state index in [2.05, 4.69) is 4.74 Å². The lowest BCUT2D eigenvalue weighted by atomic mass is 10.1. The summed E-state index contributed by atoms with van der Waals surface area (Å²) in [5.74, 6) is -1.13. The lowest BCUT2D eigenvalue weighted by Crippen LogP contribution is -1.97. The van der Waals surface area contributed by atoms with Crippen LogP contribution in [0.25, 0.3) is 0 Å². The molecule has 0 radical (unpaired) electrons. The van der Waals surface area contributed by atoms with Gasteiger partial charge in [-0.05, 0) is 24.3 Å². The first-order chi connectivity index (χ1) is 8.75. The van der Waals surface area contributed by atoms with Gasteiger partial charge in [0.25, 0.3) is 0 Å². The van der Waals surface area contributed by atoms with Crippen molar-refractivity contribution >= 4 is 23.7 Å². The number of carbonyl (C=O) groups excluding carboxylic acids is 2. The minimum absolute atomic E-state index is 0.348. The molecule has 88 valence electrons. The molecule has 0 saturated carbocycles. The van der Waals surface area contributed by atoms with Crippen molar-refractivity contribution in [3.8, 4) is 0 Å². The van der Waals surface area contributed by atoms with E-state index in [1.165, 1.54) is 11.8 Å². The molecule has 0 amide bonds. The molecule has 1 heterocycles. The van der Waals surface area contributed by atoms with E-state index in [1.807, 2.05) is 36.4 Å². The number of benzene rings is 2. The van der Waals surface area contributed by atoms with Gasteiger partial charge in [0.15, 0.2) is 0 Å². The summed E-state index contributed by atoms with van der Waals surface area (Å²) in [6.07, 6.45) is 0. The minimum atomic E-state index is -0.564. The predicted molar refractivity (Wildman–Crippen MR) is 66.8 cm³/mol. The van der Waals surface area contributed by atoms with Gasteiger partial charge in [0.2, 0.25) is 0 Å². The fourth-order valence-electron chi connectivity index (χ4n) is 1.80. The van der Waals surface area contributed by atoms with Gasteiger partial charge in [-0.1, -0.05) is 36.0 Å². The number of cyclic esters (lactones) is 2. The van der Waals surface area contributed by atoms with Gasteiger partial charge >= 0.3 is 11.9 Å². The van der Waals surface area contributed by atoms with E-state index in [4.69, 9.17) is 0 Å². The van der Waals surface area contributed by atoms with Crippen molar-refractivity contribution in [2.75, 3.05) is 0 Å². The first-order valence-electron chi connectivity index (χ1n) is 5.38. The molecule has 3 nitrogen and oxygen atoms in total. The zero-order valence-corrected chi connectivity index (χ0v) is 10.1. The van der Waals surface area contributed by atoms with Gasteiger partial charge in [-0.15, -0.1) is 0 Å². The van der Waals surface area contributed by atoms with E-state index in [1.54, 1.807) is 12.1 Å². The van der Waals surface area contributed by atoms with Crippen LogP contribution in [0.2, 0.25) is 0 Å². The molecule has 0 unspecified atom stereocenters. The van der Waals surface area contributed by atoms with Gasteiger partial charge in [-0.3, -0.25) is 0 Å². The zero-order chi connectivity index (χ0) is 12.5. The Morgan fingerprint density at radius 2 is 1.61 bits per heavy atom. The molecule has 0 aliphatic carbocycles. The van der Waals surface area contributed by atoms with Gasteiger partial charge in [-0.2, -0.15) is 0 Å². The van der Waals surface area contributed by atoms with Crippen molar-refractivity contribution in [3.63, 3.8) is 0 Å². The van der Waals surface area contributed by atoms with Crippen LogP contribution in [0.3, 0.4) is 0 Å². The van der Waals surface area contributed by atoms with Crippen LogP contribution in [0.15, 0.2) is 58.3 Å². The predicted octanol–water partition coefficient (Wildman–Crippen LogP) is 3.15. The summed E-state index contributed by atoms with van der Waals surface area (Å²) in [6.45, 7) is 0. The normalized spacial score (nSPS) is 13.3. The summed E-state index contributed by atoms with van der Waals surface area (Å²) in [5, 5.41) is 0. The molecule has 0 spiro atoms. The summed E-state index contributed by atoms with van der Waals surface area (Å²) < 4.78 is 4.62. The summed E-state index contributed by atoms with van der Waals surface area (Å²) in [6, 6.07) is 14.9. The quantitative estimate of drug-likeness (QED) is 0.611. The van der Waals surface area contributed by atoms with Gasteiger partial charge in [0, 0.05) is 9.79 Å². The largest absolute Gasteiger partial charge is 0.386 e. The Balaban J connectivity index is 2.05. The number of rotatable bonds is 2. The van der Waals surface area contributed by atoms with E-state index in [0.717, 1.165) is 9.79 Å². The number of hydrogen-bond acceptors (Lipinski definition) is 4. The third-order valence-corrected chi connectivity index (χ3v) is 3.67. The monoisotopic (exact) mass is 256 g/mol. The van der Waals surface area contributed by atoms with Crippen molar-refractivity contribution in [2.24, 2.45) is 0 Å². The number of carbonyl (C=O) groups is 2. The lowest BCUT2D eigenvalue weighted by molar-refractivity contribution is 0.0442. The molecule has 0 aromatic heterocycles. The highest BCUT2D eigenvalue weighted by atomic mass is 32.2. The molecule has 0 atom stereocenters. The van der Waals surface area contributed by atoms with Crippen molar-refractivity contribution in [1.29, 1.82) is 0 Å². The summed E-state index contributed by atoms with van der Waals surface area (Å²) in [4.78, 5) is 24.8. The van der Waals surface area contributed by atoms with Crippen LogP contribution in [0.5, 0.6) is 0 Å². The van der Waals surface area contributed by atoms with Crippen molar-refractivity contribution in [3.05, 3.63) is 59.7 Å². The van der Waals surface area contributed by atoms with E-state index in [9.17, 15) is 9.59 Å². The van der Waals surface area contributed by atoms with Gasteiger partial charge in [0.1, 0.15) is 0 Å². The molecule has 1 aliphatic heterocycles. The smallest absolute Gasteiger partial charge is 0.348 e. The van der Waals surface area contributed by atoms with Crippen molar-refractivity contribution in [1.82, 2.24) is 0 Å². The Labute approximate surface area is 108 Å². The molecule has 0 bridgehead atoms. The molecule has 2 aromatic rings. The highest BCUT2D eigenvalue weighted by molar-refractivity contribution is 7.99. The first-order valence-corrected chi connectivity index (χ1v) is 6.20. The van der Waals surface area contributed by atoms with E-state index < -0.39 is 11.9 Å². The van der Waals surface area contributed by atoms with Crippen molar-refractivity contribution < 1.29 is 14.3 Å². The average Bonchev–Trinajstić information content (AvgIpc) is 2.67. The van der Waals surface area contributed by atoms with Crippen LogP contribution in [0.4, 0.5) is 0 Å². The molecular weight excluding hydrogens is 248 g/mol. The molecule has 0 fully saturated rings. The van der Waals surface area contributed by atoms with Crippen LogP contribution in [0, 0.1) is 0 Å². The number of fused-ring (bicyclic) bond motifs is 1. The van der Waals surface area contributed by atoms with Crippen molar-refractivity contribution in [2.45, 2.75) is 9.79 Å². The lowest BCUT2D eigenvalue weighted by Gasteiger charge is -2.04. The average molecular weight is 256 g/mol. The second-order valence-corrected chi connectivity index (χ2v) is 4.89. The molecule has 4 heteroatoms. The molecule has 3 rings (SSSR count). The topological polar surface area (TPSA) is 43.4 Å². The SMILES string of the molecule is O=C1OC(=O)c2c(Sc3ccccc3)cccc21. The zero-order valence-electron chi connectivity index (χ0n) is 9.25. The van der Waals surface area contributed by atoms with E-state index in [-0.39, 0.29) is 0 Å². The highest BCUT2D eigenvalue weighted by Crippen LogP contribution is 2.34. The maximum absolute atomic E-state index is 11.6. The Kier molecular flexibility index (Phi) is 2.64.